The number of carbonyl (C=O) groups is 1. The van der Waals surface area contributed by atoms with Crippen molar-refractivity contribution in [3.05, 3.63) is 86.9 Å². The molecule has 150 valence electrons. The second-order valence-corrected chi connectivity index (χ2v) is 8.21. The molecule has 6 nitrogen and oxygen atoms in total. The summed E-state index contributed by atoms with van der Waals surface area (Å²) in [5.74, 6) is -0.460. The zero-order valence-electron chi connectivity index (χ0n) is 15.4. The van der Waals surface area contributed by atoms with E-state index < -0.39 is 5.91 Å². The summed E-state index contributed by atoms with van der Waals surface area (Å²) in [6.07, 6.45) is 2.78. The molecule has 1 amide bonds. The van der Waals surface area contributed by atoms with Crippen LogP contribution in [0.4, 0.5) is 0 Å². The van der Waals surface area contributed by atoms with E-state index in [0.29, 0.717) is 25.8 Å². The Balaban J connectivity index is 1.49. The number of aromatic nitrogens is 2. The van der Waals surface area contributed by atoms with Crippen LogP contribution in [0.3, 0.4) is 0 Å². The second kappa shape index (κ2) is 8.79. The molecule has 0 spiro atoms. The minimum absolute atomic E-state index is 0.204. The molecule has 0 atom stereocenters. The van der Waals surface area contributed by atoms with E-state index in [2.05, 4.69) is 15.5 Å². The van der Waals surface area contributed by atoms with E-state index in [1.807, 2.05) is 30.3 Å². The van der Waals surface area contributed by atoms with Crippen molar-refractivity contribution in [3.8, 4) is 10.4 Å². The summed E-state index contributed by atoms with van der Waals surface area (Å²) < 4.78 is 1.25. The van der Waals surface area contributed by atoms with Gasteiger partial charge in [0.15, 0.2) is 0 Å². The second-order valence-electron chi connectivity index (χ2n) is 6.33. The Hall–Kier alpha value is -3.00. The van der Waals surface area contributed by atoms with E-state index in [4.69, 9.17) is 23.2 Å². The van der Waals surface area contributed by atoms with E-state index >= 15 is 0 Å². The summed E-state index contributed by atoms with van der Waals surface area (Å²) in [5.41, 5.74) is 3.72. The maximum Gasteiger partial charge on any atom is 0.262 e. The van der Waals surface area contributed by atoms with Crippen molar-refractivity contribution in [1.82, 2.24) is 15.0 Å². The highest BCUT2D eigenvalue weighted by Gasteiger charge is 2.12. The molecule has 0 unspecified atom stereocenters. The van der Waals surface area contributed by atoms with Gasteiger partial charge in [0.1, 0.15) is 11.4 Å². The van der Waals surface area contributed by atoms with Gasteiger partial charge in [-0.25, -0.2) is 10.4 Å². The zero-order chi connectivity index (χ0) is 21.1. The number of carbonyl (C=O) groups excluding carboxylic acids is 1. The molecular weight excluding hydrogens is 443 g/mol. The monoisotopic (exact) mass is 456 g/mol. The van der Waals surface area contributed by atoms with Crippen molar-refractivity contribution in [3.63, 3.8) is 0 Å². The van der Waals surface area contributed by atoms with Crippen LogP contribution in [-0.4, -0.2) is 21.7 Å². The zero-order valence-corrected chi connectivity index (χ0v) is 17.7. The molecule has 0 bridgehead atoms. The van der Waals surface area contributed by atoms with Crippen LogP contribution in [-0.2, 0) is 11.3 Å². The first-order valence-corrected chi connectivity index (χ1v) is 10.4. The molecule has 0 aliphatic carbocycles. The predicted octanol–water partition coefficient (Wildman–Crippen LogP) is 4.58. The van der Waals surface area contributed by atoms with E-state index in [1.165, 1.54) is 28.4 Å². The van der Waals surface area contributed by atoms with Gasteiger partial charge >= 0.3 is 0 Å². The van der Waals surface area contributed by atoms with Gasteiger partial charge in [-0.05, 0) is 23.8 Å². The van der Waals surface area contributed by atoms with E-state index in [9.17, 15) is 9.59 Å². The molecule has 2 aromatic carbocycles. The summed E-state index contributed by atoms with van der Waals surface area (Å²) in [7, 11) is 0. The highest BCUT2D eigenvalue weighted by molar-refractivity contribution is 7.21. The molecule has 0 saturated carbocycles. The Morgan fingerprint density at radius 2 is 1.97 bits per heavy atom. The molecule has 0 radical (unpaired) electrons. The molecular formula is C21H14Cl2N4O2S. The number of thiophene rings is 1. The van der Waals surface area contributed by atoms with E-state index in [-0.39, 0.29) is 12.1 Å². The van der Waals surface area contributed by atoms with Crippen LogP contribution in [0, 0.1) is 0 Å². The minimum Gasteiger partial charge on any atom is -0.289 e. The van der Waals surface area contributed by atoms with Crippen molar-refractivity contribution in [2.45, 2.75) is 6.54 Å². The third-order valence-electron chi connectivity index (χ3n) is 4.25. The molecule has 4 rings (SSSR count). The fourth-order valence-electron chi connectivity index (χ4n) is 2.79. The molecule has 0 saturated heterocycles. The SMILES string of the molecule is O=C(Cn1cnc2sc(-c3ccccc3)cc2c1=O)NN=Cc1ccc(Cl)cc1Cl. The first-order chi connectivity index (χ1) is 14.5. The van der Waals surface area contributed by atoms with Crippen LogP contribution in [0.5, 0.6) is 0 Å². The molecule has 30 heavy (non-hydrogen) atoms. The van der Waals surface area contributed by atoms with Gasteiger partial charge < -0.3 is 0 Å². The molecule has 0 aliphatic heterocycles. The van der Waals surface area contributed by atoms with Crippen molar-refractivity contribution in [2.75, 3.05) is 0 Å². The number of hydrogen-bond acceptors (Lipinski definition) is 5. The van der Waals surface area contributed by atoms with Gasteiger partial charge in [0.05, 0.1) is 23.0 Å². The van der Waals surface area contributed by atoms with Gasteiger partial charge in [0, 0.05) is 15.5 Å². The summed E-state index contributed by atoms with van der Waals surface area (Å²) in [6.45, 7) is -0.204. The summed E-state index contributed by atoms with van der Waals surface area (Å²) in [6, 6.07) is 16.5. The number of rotatable bonds is 5. The lowest BCUT2D eigenvalue weighted by Gasteiger charge is -2.04. The lowest BCUT2D eigenvalue weighted by atomic mass is 10.2. The van der Waals surface area contributed by atoms with Crippen LogP contribution in [0.2, 0.25) is 10.0 Å². The molecule has 1 N–H and O–H groups in total. The number of hydrogen-bond donors (Lipinski definition) is 1. The number of nitrogens with zero attached hydrogens (tertiary/aromatic N) is 3. The Labute approximate surface area is 185 Å². The van der Waals surface area contributed by atoms with Crippen molar-refractivity contribution >= 4 is 56.9 Å². The first kappa shape index (κ1) is 20.3. The summed E-state index contributed by atoms with van der Waals surface area (Å²) in [4.78, 5) is 30.9. The van der Waals surface area contributed by atoms with Gasteiger partial charge in [0.2, 0.25) is 0 Å². The Kier molecular flexibility index (Phi) is 5.94. The largest absolute Gasteiger partial charge is 0.289 e. The topological polar surface area (TPSA) is 76.3 Å². The van der Waals surface area contributed by atoms with Gasteiger partial charge in [-0.3, -0.25) is 14.2 Å². The fourth-order valence-corrected chi connectivity index (χ4v) is 4.24. The summed E-state index contributed by atoms with van der Waals surface area (Å²) >= 11 is 13.3. The number of nitrogens with one attached hydrogen (secondary N) is 1. The van der Waals surface area contributed by atoms with E-state index in [0.717, 1.165) is 10.4 Å². The lowest BCUT2D eigenvalue weighted by molar-refractivity contribution is -0.121. The van der Waals surface area contributed by atoms with E-state index in [1.54, 1.807) is 24.3 Å². The van der Waals surface area contributed by atoms with Gasteiger partial charge in [0.25, 0.3) is 11.5 Å². The predicted molar refractivity (Wildman–Crippen MR) is 122 cm³/mol. The Morgan fingerprint density at radius 3 is 2.73 bits per heavy atom. The maximum atomic E-state index is 12.8. The van der Waals surface area contributed by atoms with Crippen LogP contribution in [0.25, 0.3) is 20.7 Å². The average molecular weight is 457 g/mol. The highest BCUT2D eigenvalue weighted by Crippen LogP contribution is 2.30. The number of amides is 1. The molecule has 2 aromatic heterocycles. The molecule has 0 aliphatic rings. The van der Waals surface area contributed by atoms with Crippen LogP contribution in [0.1, 0.15) is 5.56 Å². The average Bonchev–Trinajstić information content (AvgIpc) is 3.18. The smallest absolute Gasteiger partial charge is 0.262 e. The number of halogens is 2. The van der Waals surface area contributed by atoms with Gasteiger partial charge in [-0.1, -0.05) is 59.6 Å². The third-order valence-corrected chi connectivity index (χ3v) is 5.90. The third kappa shape index (κ3) is 4.43. The van der Waals surface area contributed by atoms with Crippen molar-refractivity contribution < 1.29 is 4.79 Å². The molecule has 0 fully saturated rings. The van der Waals surface area contributed by atoms with Crippen molar-refractivity contribution in [2.24, 2.45) is 5.10 Å². The number of hydrazone groups is 1. The minimum atomic E-state index is -0.460. The molecule has 9 heteroatoms. The highest BCUT2D eigenvalue weighted by atomic mass is 35.5. The van der Waals surface area contributed by atoms with Crippen molar-refractivity contribution in [1.29, 1.82) is 0 Å². The molecule has 2 heterocycles. The van der Waals surface area contributed by atoms with Crippen LogP contribution < -0.4 is 11.0 Å². The quantitative estimate of drug-likeness (QED) is 0.352. The van der Waals surface area contributed by atoms with Crippen LogP contribution >= 0.6 is 34.5 Å². The lowest BCUT2D eigenvalue weighted by Crippen LogP contribution is -2.29. The normalized spacial score (nSPS) is 11.3. The Morgan fingerprint density at radius 1 is 1.17 bits per heavy atom. The maximum absolute atomic E-state index is 12.8. The molecule has 4 aromatic rings. The van der Waals surface area contributed by atoms with Crippen LogP contribution in [0.15, 0.2) is 70.8 Å². The standard InChI is InChI=1S/C21H14Cl2N4O2S/c22-15-7-6-14(17(23)8-15)10-25-26-19(28)11-27-12-24-20-16(21(27)29)9-18(30-20)13-4-2-1-3-5-13/h1-10,12H,11H2,(H,26,28). The number of benzene rings is 2. The first-order valence-electron chi connectivity index (χ1n) is 8.82. The van der Waals surface area contributed by atoms with Gasteiger partial charge in [-0.15, -0.1) is 11.3 Å². The Bertz CT molecular complexity index is 1320. The summed E-state index contributed by atoms with van der Waals surface area (Å²) in [5, 5.41) is 5.28. The fraction of sp³-hybridized carbons (Fsp3) is 0.0476. The number of fused-ring (bicyclic) bond motifs is 1. The van der Waals surface area contributed by atoms with Gasteiger partial charge in [-0.2, -0.15) is 5.10 Å².